The zero-order valence-corrected chi connectivity index (χ0v) is 13.5. The van der Waals surface area contributed by atoms with Crippen LogP contribution in [0.1, 0.15) is 5.56 Å². The molecule has 1 aromatic carbocycles. The van der Waals surface area contributed by atoms with Gasteiger partial charge in [-0.3, -0.25) is 10.2 Å². The van der Waals surface area contributed by atoms with E-state index in [-0.39, 0.29) is 6.03 Å². The van der Waals surface area contributed by atoms with Gasteiger partial charge in [-0.2, -0.15) is 0 Å². The molecule has 116 valence electrons. The molecule has 2 amide bonds. The van der Waals surface area contributed by atoms with Crippen LogP contribution in [0.2, 0.25) is 5.02 Å². The lowest BCUT2D eigenvalue weighted by atomic mass is 10.2. The Balaban J connectivity index is 1.47. The van der Waals surface area contributed by atoms with Crippen LogP contribution >= 0.6 is 23.1 Å². The highest BCUT2D eigenvalue weighted by Crippen LogP contribution is 2.14. The van der Waals surface area contributed by atoms with E-state index in [0.717, 1.165) is 24.7 Å². The zero-order valence-electron chi connectivity index (χ0n) is 11.9. The van der Waals surface area contributed by atoms with Crippen LogP contribution in [-0.4, -0.2) is 51.6 Å². The van der Waals surface area contributed by atoms with Crippen LogP contribution in [-0.2, 0) is 6.54 Å². The van der Waals surface area contributed by atoms with Gasteiger partial charge in [0.2, 0.25) is 0 Å². The smallest absolute Gasteiger partial charge is 0.322 e. The second-order valence-electron chi connectivity index (χ2n) is 5.10. The van der Waals surface area contributed by atoms with Gasteiger partial charge in [-0.15, -0.1) is 5.10 Å². The van der Waals surface area contributed by atoms with Crippen LogP contribution in [0.15, 0.2) is 30.5 Å². The molecule has 0 bridgehead atoms. The van der Waals surface area contributed by atoms with E-state index in [0.29, 0.717) is 18.1 Å². The monoisotopic (exact) mass is 337 g/mol. The van der Waals surface area contributed by atoms with Crippen LogP contribution in [0.3, 0.4) is 0 Å². The molecule has 1 saturated heterocycles. The van der Waals surface area contributed by atoms with Crippen molar-refractivity contribution in [2.45, 2.75) is 6.54 Å². The summed E-state index contributed by atoms with van der Waals surface area (Å²) in [7, 11) is 0. The molecular formula is C14H16ClN5OS. The average molecular weight is 338 g/mol. The minimum absolute atomic E-state index is 0.0859. The Hall–Kier alpha value is -1.70. The third-order valence-corrected chi connectivity index (χ3v) is 4.40. The lowest BCUT2D eigenvalue weighted by Gasteiger charge is -2.34. The van der Waals surface area contributed by atoms with Gasteiger partial charge >= 0.3 is 6.03 Å². The van der Waals surface area contributed by atoms with E-state index in [9.17, 15) is 4.79 Å². The molecule has 1 aromatic heterocycles. The zero-order chi connectivity index (χ0) is 15.4. The van der Waals surface area contributed by atoms with Gasteiger partial charge in [-0.05, 0) is 17.7 Å². The van der Waals surface area contributed by atoms with Gasteiger partial charge in [0.1, 0.15) is 5.00 Å². The topological polar surface area (TPSA) is 61.4 Å². The van der Waals surface area contributed by atoms with Crippen molar-refractivity contribution in [3.63, 3.8) is 0 Å². The number of carbonyl (C=O) groups excluding carboxylic acids is 1. The molecule has 0 unspecified atom stereocenters. The van der Waals surface area contributed by atoms with Gasteiger partial charge < -0.3 is 4.90 Å². The van der Waals surface area contributed by atoms with Crippen LogP contribution in [0.25, 0.3) is 0 Å². The largest absolute Gasteiger partial charge is 0.322 e. The van der Waals surface area contributed by atoms with E-state index in [1.807, 2.05) is 29.2 Å². The Labute approximate surface area is 137 Å². The molecule has 3 rings (SSSR count). The standard InChI is InChI=1S/C14H16ClN5OS/c15-12-3-1-11(2-4-12)10-19-5-7-20(8-6-19)14(21)17-13-9-16-18-22-13/h1-4,9H,5-8,10H2,(H,17,21). The second-order valence-corrected chi connectivity index (χ2v) is 6.32. The number of anilines is 1. The maximum Gasteiger partial charge on any atom is 0.322 e. The molecular weight excluding hydrogens is 322 g/mol. The fraction of sp³-hybridized carbons (Fsp3) is 0.357. The number of nitrogens with one attached hydrogen (secondary N) is 1. The molecule has 1 fully saturated rings. The van der Waals surface area contributed by atoms with Crippen LogP contribution in [0, 0.1) is 0 Å². The van der Waals surface area contributed by atoms with Crippen LogP contribution in [0.4, 0.5) is 9.80 Å². The molecule has 2 aromatic rings. The number of hydrogen-bond donors (Lipinski definition) is 1. The average Bonchev–Trinajstić information content (AvgIpc) is 3.03. The Morgan fingerprint density at radius 1 is 1.23 bits per heavy atom. The van der Waals surface area contributed by atoms with E-state index < -0.39 is 0 Å². The molecule has 0 aliphatic carbocycles. The SMILES string of the molecule is O=C(Nc1cnns1)N1CCN(Cc2ccc(Cl)cc2)CC1. The highest BCUT2D eigenvalue weighted by Gasteiger charge is 2.21. The minimum atomic E-state index is -0.0859. The van der Waals surface area contributed by atoms with E-state index >= 15 is 0 Å². The van der Waals surface area contributed by atoms with Gasteiger partial charge in [0.25, 0.3) is 0 Å². The summed E-state index contributed by atoms with van der Waals surface area (Å²) < 4.78 is 3.73. The first-order chi connectivity index (χ1) is 10.7. The van der Waals surface area contributed by atoms with E-state index in [1.165, 1.54) is 17.1 Å². The third-order valence-electron chi connectivity index (χ3n) is 3.57. The molecule has 0 spiro atoms. The van der Waals surface area contributed by atoms with Crippen molar-refractivity contribution >= 4 is 34.2 Å². The third kappa shape index (κ3) is 3.94. The summed E-state index contributed by atoms with van der Waals surface area (Å²) in [5.41, 5.74) is 1.23. The van der Waals surface area contributed by atoms with Crippen molar-refractivity contribution in [1.82, 2.24) is 19.4 Å². The Bertz CT molecular complexity index is 611. The first kappa shape index (κ1) is 15.2. The van der Waals surface area contributed by atoms with Gasteiger partial charge in [-0.25, -0.2) is 4.79 Å². The van der Waals surface area contributed by atoms with Gasteiger partial charge in [0, 0.05) is 49.3 Å². The maximum atomic E-state index is 12.1. The minimum Gasteiger partial charge on any atom is -0.322 e. The summed E-state index contributed by atoms with van der Waals surface area (Å²) in [5.74, 6) is 0. The number of urea groups is 1. The number of nitrogens with zero attached hydrogens (tertiary/aromatic N) is 4. The number of carbonyl (C=O) groups is 1. The molecule has 1 aliphatic rings. The number of benzene rings is 1. The molecule has 1 N–H and O–H groups in total. The summed E-state index contributed by atoms with van der Waals surface area (Å²) >= 11 is 7.07. The lowest BCUT2D eigenvalue weighted by molar-refractivity contribution is 0.143. The van der Waals surface area contributed by atoms with Crippen molar-refractivity contribution in [2.75, 3.05) is 31.5 Å². The number of aromatic nitrogens is 2. The number of halogens is 1. The first-order valence-corrected chi connectivity index (χ1v) is 8.16. The summed E-state index contributed by atoms with van der Waals surface area (Å²) in [6.45, 7) is 4.02. The Kier molecular flexibility index (Phi) is 4.87. The van der Waals surface area contributed by atoms with Gasteiger partial charge in [0.05, 0.1) is 6.20 Å². The molecule has 1 aliphatic heterocycles. The molecule has 22 heavy (non-hydrogen) atoms. The van der Waals surface area contributed by atoms with Gasteiger partial charge in [0.15, 0.2) is 0 Å². The number of piperazine rings is 1. The molecule has 0 atom stereocenters. The molecule has 6 nitrogen and oxygen atoms in total. The summed E-state index contributed by atoms with van der Waals surface area (Å²) in [4.78, 5) is 16.3. The van der Waals surface area contributed by atoms with E-state index in [2.05, 4.69) is 19.8 Å². The predicted octanol–water partition coefficient (Wildman–Crippen LogP) is 2.54. The molecule has 8 heteroatoms. The number of amides is 2. The van der Waals surface area contributed by atoms with E-state index in [4.69, 9.17) is 11.6 Å². The maximum absolute atomic E-state index is 12.1. The van der Waals surface area contributed by atoms with Gasteiger partial charge in [-0.1, -0.05) is 28.2 Å². The highest BCUT2D eigenvalue weighted by molar-refractivity contribution is 7.10. The van der Waals surface area contributed by atoms with E-state index in [1.54, 1.807) is 6.20 Å². The Morgan fingerprint density at radius 3 is 2.59 bits per heavy atom. The normalized spacial score (nSPS) is 15.8. The van der Waals surface area contributed by atoms with Crippen molar-refractivity contribution in [1.29, 1.82) is 0 Å². The molecule has 0 radical (unpaired) electrons. The second kappa shape index (κ2) is 7.04. The molecule has 2 heterocycles. The van der Waals surface area contributed by atoms with Crippen molar-refractivity contribution in [2.24, 2.45) is 0 Å². The van der Waals surface area contributed by atoms with Crippen LogP contribution < -0.4 is 5.32 Å². The first-order valence-electron chi connectivity index (χ1n) is 7.01. The quantitative estimate of drug-likeness (QED) is 0.935. The van der Waals surface area contributed by atoms with Crippen molar-refractivity contribution < 1.29 is 4.79 Å². The number of hydrogen-bond acceptors (Lipinski definition) is 5. The summed E-state index contributed by atoms with van der Waals surface area (Å²) in [6.07, 6.45) is 1.55. The lowest BCUT2D eigenvalue weighted by Crippen LogP contribution is -2.49. The summed E-state index contributed by atoms with van der Waals surface area (Å²) in [5, 5.41) is 7.94. The van der Waals surface area contributed by atoms with Crippen molar-refractivity contribution in [3.05, 3.63) is 41.0 Å². The highest BCUT2D eigenvalue weighted by atomic mass is 35.5. The fourth-order valence-electron chi connectivity index (χ4n) is 2.36. The fourth-order valence-corrected chi connectivity index (χ4v) is 2.90. The van der Waals surface area contributed by atoms with Crippen LogP contribution in [0.5, 0.6) is 0 Å². The predicted molar refractivity (Wildman–Crippen MR) is 87.2 cm³/mol. The molecule has 0 saturated carbocycles. The number of rotatable bonds is 3. The Morgan fingerprint density at radius 2 is 1.95 bits per heavy atom. The summed E-state index contributed by atoms with van der Waals surface area (Å²) in [6, 6.07) is 7.81. The van der Waals surface area contributed by atoms with Crippen molar-refractivity contribution in [3.8, 4) is 0 Å².